The highest BCUT2D eigenvalue weighted by atomic mass is 79.9. The molecule has 0 amide bonds. The third-order valence-corrected chi connectivity index (χ3v) is 2.98. The fraction of sp³-hybridized carbons (Fsp3) is 0.600. The average molecular weight is 226 g/mol. The molecule has 40 valence electrons. The fourth-order valence-electron chi connectivity index (χ4n) is 0.490. The molecule has 0 N–H and O–H groups in total. The van der Waals surface area contributed by atoms with Gasteiger partial charge in [0.15, 0.2) is 0 Å². The summed E-state index contributed by atoms with van der Waals surface area (Å²) >= 11 is 6.92. The quantitative estimate of drug-likeness (QED) is 0.476. The molecule has 0 aromatic heterocycles. The number of rotatable bonds is 1. The fourth-order valence-corrected chi connectivity index (χ4v) is 1.56. The van der Waals surface area contributed by atoms with Crippen LogP contribution in [0.15, 0.2) is 12.7 Å². The molecule has 0 saturated heterocycles. The number of alkyl halides is 2. The van der Waals surface area contributed by atoms with Crippen LogP contribution in [0.2, 0.25) is 0 Å². The number of hydrogen-bond acceptors (Lipinski definition) is 0. The smallest absolute Gasteiger partial charge is 0.0874 e. The first-order valence-electron chi connectivity index (χ1n) is 2.17. The summed E-state index contributed by atoms with van der Waals surface area (Å²) in [5.74, 6) is 0.646. The maximum atomic E-state index is 3.66. The molecule has 1 saturated carbocycles. The van der Waals surface area contributed by atoms with Crippen molar-refractivity contribution in [2.75, 3.05) is 0 Å². The van der Waals surface area contributed by atoms with E-state index in [4.69, 9.17) is 0 Å². The van der Waals surface area contributed by atoms with Crippen molar-refractivity contribution in [2.24, 2.45) is 5.92 Å². The molecular formula is C5H6Br2. The van der Waals surface area contributed by atoms with Gasteiger partial charge in [-0.05, 0) is 6.42 Å². The Morgan fingerprint density at radius 1 is 1.71 bits per heavy atom. The number of hydrogen-bond donors (Lipinski definition) is 0. The first-order chi connectivity index (χ1) is 3.17. The SMILES string of the molecule is C=C[C@@H]1CC1(Br)Br. The highest BCUT2D eigenvalue weighted by Crippen LogP contribution is 2.56. The largest absolute Gasteiger partial charge is 0.103 e. The Labute approximate surface area is 60.2 Å². The van der Waals surface area contributed by atoms with Gasteiger partial charge in [-0.3, -0.25) is 0 Å². The molecule has 0 bridgehead atoms. The van der Waals surface area contributed by atoms with Crippen molar-refractivity contribution in [2.45, 2.75) is 9.65 Å². The summed E-state index contributed by atoms with van der Waals surface area (Å²) in [7, 11) is 0. The topological polar surface area (TPSA) is 0 Å². The van der Waals surface area contributed by atoms with Crippen LogP contribution < -0.4 is 0 Å². The predicted molar refractivity (Wildman–Crippen MR) is 38.9 cm³/mol. The lowest BCUT2D eigenvalue weighted by Gasteiger charge is -1.87. The van der Waals surface area contributed by atoms with Crippen LogP contribution in [0.5, 0.6) is 0 Å². The zero-order valence-corrected chi connectivity index (χ0v) is 7.00. The normalized spacial score (nSPS) is 34.9. The maximum Gasteiger partial charge on any atom is 0.0874 e. The lowest BCUT2D eigenvalue weighted by atomic mass is 10.4. The average Bonchev–Trinajstić information content (AvgIpc) is 2.13. The molecule has 2 heteroatoms. The number of allylic oxidation sites excluding steroid dienone is 1. The van der Waals surface area contributed by atoms with Crippen LogP contribution in [0.25, 0.3) is 0 Å². The molecule has 1 aliphatic carbocycles. The molecule has 0 radical (unpaired) electrons. The van der Waals surface area contributed by atoms with Crippen LogP contribution in [0.1, 0.15) is 6.42 Å². The van der Waals surface area contributed by atoms with Gasteiger partial charge in [-0.1, -0.05) is 37.9 Å². The monoisotopic (exact) mass is 224 g/mol. The summed E-state index contributed by atoms with van der Waals surface area (Å²) in [6.07, 6.45) is 3.14. The van der Waals surface area contributed by atoms with Gasteiger partial charge in [0.1, 0.15) is 0 Å². The second-order valence-electron chi connectivity index (χ2n) is 1.81. The molecule has 0 aromatic carbocycles. The maximum absolute atomic E-state index is 3.66. The van der Waals surface area contributed by atoms with Gasteiger partial charge in [0.25, 0.3) is 0 Å². The van der Waals surface area contributed by atoms with Gasteiger partial charge in [0, 0.05) is 5.92 Å². The lowest BCUT2D eigenvalue weighted by Crippen LogP contribution is -1.81. The lowest BCUT2D eigenvalue weighted by molar-refractivity contribution is 1.13. The Hall–Kier alpha value is 0.700. The van der Waals surface area contributed by atoms with Crippen molar-refractivity contribution >= 4 is 31.9 Å². The molecule has 1 fully saturated rings. The van der Waals surface area contributed by atoms with Crippen molar-refractivity contribution in [1.29, 1.82) is 0 Å². The Bertz CT molecular complexity index is 96.3. The molecule has 0 nitrogen and oxygen atoms in total. The van der Waals surface area contributed by atoms with Crippen LogP contribution in [-0.2, 0) is 0 Å². The summed E-state index contributed by atoms with van der Waals surface area (Å²) in [5.41, 5.74) is 0. The minimum Gasteiger partial charge on any atom is -0.103 e. The van der Waals surface area contributed by atoms with Gasteiger partial charge in [0.2, 0.25) is 0 Å². The molecule has 7 heavy (non-hydrogen) atoms. The first kappa shape index (κ1) is 5.83. The summed E-state index contributed by atoms with van der Waals surface area (Å²) in [5, 5.41) is 0. The Morgan fingerprint density at radius 2 is 2.14 bits per heavy atom. The van der Waals surface area contributed by atoms with E-state index in [1.165, 1.54) is 6.42 Å². The van der Waals surface area contributed by atoms with Crippen molar-refractivity contribution in [1.82, 2.24) is 0 Å². The molecule has 1 rings (SSSR count). The zero-order chi connectivity index (χ0) is 5.49. The van der Waals surface area contributed by atoms with Gasteiger partial charge < -0.3 is 0 Å². The Morgan fingerprint density at radius 3 is 2.14 bits per heavy atom. The summed E-state index contributed by atoms with van der Waals surface area (Å²) in [6, 6.07) is 0. The van der Waals surface area contributed by atoms with E-state index in [1.807, 2.05) is 6.08 Å². The van der Waals surface area contributed by atoms with E-state index in [9.17, 15) is 0 Å². The minimum absolute atomic E-state index is 0.224. The van der Waals surface area contributed by atoms with Crippen molar-refractivity contribution < 1.29 is 0 Å². The van der Waals surface area contributed by atoms with Gasteiger partial charge in [-0.25, -0.2) is 0 Å². The highest BCUT2D eigenvalue weighted by Gasteiger charge is 2.47. The van der Waals surface area contributed by atoms with E-state index in [-0.39, 0.29) is 3.23 Å². The molecule has 0 unspecified atom stereocenters. The third-order valence-electron chi connectivity index (χ3n) is 1.16. The van der Waals surface area contributed by atoms with Crippen LogP contribution in [0, 0.1) is 5.92 Å². The van der Waals surface area contributed by atoms with E-state index in [1.54, 1.807) is 0 Å². The van der Waals surface area contributed by atoms with Crippen LogP contribution >= 0.6 is 31.9 Å². The van der Waals surface area contributed by atoms with E-state index >= 15 is 0 Å². The molecule has 0 aromatic rings. The summed E-state index contributed by atoms with van der Waals surface area (Å²) in [4.78, 5) is 0. The third kappa shape index (κ3) is 1.08. The molecule has 0 aliphatic heterocycles. The van der Waals surface area contributed by atoms with Gasteiger partial charge in [-0.15, -0.1) is 6.58 Å². The number of halogens is 2. The standard InChI is InChI=1S/C5H6Br2/c1-2-4-3-5(4,6)7/h2,4H,1,3H2/t4-/m1/s1. The van der Waals surface area contributed by atoms with Crippen molar-refractivity contribution in [3.8, 4) is 0 Å². The molecular weight excluding hydrogens is 220 g/mol. The summed E-state index contributed by atoms with van der Waals surface area (Å²) < 4.78 is 0.224. The van der Waals surface area contributed by atoms with E-state index in [0.717, 1.165) is 0 Å². The molecule has 1 aliphatic rings. The second kappa shape index (κ2) is 1.59. The zero-order valence-electron chi connectivity index (χ0n) is 3.82. The Balaban J connectivity index is 2.44. The second-order valence-corrected chi connectivity index (χ2v) is 5.70. The summed E-state index contributed by atoms with van der Waals surface area (Å²) in [6.45, 7) is 3.66. The Kier molecular flexibility index (Phi) is 1.32. The molecule has 0 spiro atoms. The van der Waals surface area contributed by atoms with Crippen molar-refractivity contribution in [3.05, 3.63) is 12.7 Å². The molecule has 0 heterocycles. The van der Waals surface area contributed by atoms with E-state index < -0.39 is 0 Å². The predicted octanol–water partition coefficient (Wildman–Crippen LogP) is 2.68. The van der Waals surface area contributed by atoms with Gasteiger partial charge in [0.05, 0.1) is 3.23 Å². The van der Waals surface area contributed by atoms with Crippen LogP contribution in [-0.4, -0.2) is 3.23 Å². The highest BCUT2D eigenvalue weighted by molar-refractivity contribution is 9.25. The van der Waals surface area contributed by atoms with E-state index in [2.05, 4.69) is 38.4 Å². The van der Waals surface area contributed by atoms with Crippen molar-refractivity contribution in [3.63, 3.8) is 0 Å². The van der Waals surface area contributed by atoms with Gasteiger partial charge >= 0.3 is 0 Å². The minimum atomic E-state index is 0.224. The van der Waals surface area contributed by atoms with Crippen LogP contribution in [0.4, 0.5) is 0 Å². The van der Waals surface area contributed by atoms with E-state index in [0.29, 0.717) is 5.92 Å². The van der Waals surface area contributed by atoms with Gasteiger partial charge in [-0.2, -0.15) is 0 Å². The van der Waals surface area contributed by atoms with Crippen LogP contribution in [0.3, 0.4) is 0 Å². The molecule has 1 atom stereocenters. The first-order valence-corrected chi connectivity index (χ1v) is 3.76.